The molecule has 2 aromatic rings. The molecule has 4 nitrogen and oxygen atoms in total. The van der Waals surface area contributed by atoms with Crippen LogP contribution >= 0.6 is 0 Å². The van der Waals surface area contributed by atoms with E-state index in [1.807, 2.05) is 37.2 Å². The second-order valence-corrected chi connectivity index (χ2v) is 7.23. The van der Waals surface area contributed by atoms with Gasteiger partial charge in [-0.3, -0.25) is 4.79 Å². The van der Waals surface area contributed by atoms with Gasteiger partial charge in [-0.15, -0.1) is 0 Å². The smallest absolute Gasteiger partial charge is 0.254 e. The molecule has 0 saturated carbocycles. The first kappa shape index (κ1) is 19.3. The lowest BCUT2D eigenvalue weighted by molar-refractivity contribution is 0.0600. The van der Waals surface area contributed by atoms with Crippen molar-refractivity contribution in [3.8, 4) is 0 Å². The maximum absolute atomic E-state index is 13.5. The highest BCUT2D eigenvalue weighted by molar-refractivity contribution is 5.94. The summed E-state index contributed by atoms with van der Waals surface area (Å²) < 4.78 is 27.0. The molecule has 0 N–H and O–H groups in total. The molecular weight excluding hydrogens is 348 g/mol. The largest absolute Gasteiger partial charge is 0.363 e. The molecule has 6 heteroatoms. The van der Waals surface area contributed by atoms with E-state index in [-0.39, 0.29) is 17.5 Å². The SMILES string of the molecule is CN(C)c1cccc(CC[C@@H]2CCCCN2C(=O)c2cc(F)cc(F)c2)n1. The van der Waals surface area contributed by atoms with Crippen molar-refractivity contribution in [1.29, 1.82) is 0 Å². The second-order valence-electron chi connectivity index (χ2n) is 7.23. The molecule has 0 radical (unpaired) electrons. The summed E-state index contributed by atoms with van der Waals surface area (Å²) in [5, 5.41) is 0. The molecule has 144 valence electrons. The fourth-order valence-electron chi connectivity index (χ4n) is 3.58. The third-order valence-corrected chi connectivity index (χ3v) is 4.98. The summed E-state index contributed by atoms with van der Waals surface area (Å²) in [7, 11) is 3.90. The number of piperidine rings is 1. The summed E-state index contributed by atoms with van der Waals surface area (Å²) in [6, 6.07) is 8.99. The van der Waals surface area contributed by atoms with Crippen LogP contribution in [0.2, 0.25) is 0 Å². The molecule has 0 spiro atoms. The normalized spacial score (nSPS) is 17.0. The van der Waals surface area contributed by atoms with Gasteiger partial charge in [0.15, 0.2) is 0 Å². The maximum Gasteiger partial charge on any atom is 0.254 e. The van der Waals surface area contributed by atoms with Crippen molar-refractivity contribution in [3.05, 3.63) is 59.3 Å². The number of pyridine rings is 1. The van der Waals surface area contributed by atoms with Crippen molar-refractivity contribution in [2.45, 2.75) is 38.1 Å². The van der Waals surface area contributed by atoms with Gasteiger partial charge in [0, 0.05) is 44.0 Å². The maximum atomic E-state index is 13.5. The van der Waals surface area contributed by atoms with E-state index < -0.39 is 11.6 Å². The number of halogens is 2. The van der Waals surface area contributed by atoms with Crippen LogP contribution in [0.5, 0.6) is 0 Å². The molecule has 1 atom stereocenters. The van der Waals surface area contributed by atoms with E-state index >= 15 is 0 Å². The zero-order valence-electron chi connectivity index (χ0n) is 15.8. The lowest BCUT2D eigenvalue weighted by Gasteiger charge is -2.36. The third kappa shape index (κ3) is 4.81. The molecule has 1 aromatic heterocycles. The Morgan fingerprint density at radius 1 is 1.19 bits per heavy atom. The average molecular weight is 373 g/mol. The van der Waals surface area contributed by atoms with Crippen molar-refractivity contribution in [3.63, 3.8) is 0 Å². The highest BCUT2D eigenvalue weighted by Crippen LogP contribution is 2.24. The van der Waals surface area contributed by atoms with Gasteiger partial charge < -0.3 is 9.80 Å². The minimum absolute atomic E-state index is 0.0578. The van der Waals surface area contributed by atoms with Crippen molar-refractivity contribution in [2.24, 2.45) is 0 Å². The summed E-state index contributed by atoms with van der Waals surface area (Å²) in [5.41, 5.74) is 1.06. The van der Waals surface area contributed by atoms with Crippen LogP contribution in [-0.4, -0.2) is 42.5 Å². The molecule has 3 rings (SSSR count). The summed E-state index contributed by atoms with van der Waals surface area (Å²) in [6.07, 6.45) is 4.41. The molecule has 1 aliphatic rings. The van der Waals surface area contributed by atoms with Gasteiger partial charge >= 0.3 is 0 Å². The van der Waals surface area contributed by atoms with Gasteiger partial charge in [-0.1, -0.05) is 6.07 Å². The number of aryl methyl sites for hydroxylation is 1. The van der Waals surface area contributed by atoms with Gasteiger partial charge in [-0.05, 0) is 56.4 Å². The van der Waals surface area contributed by atoms with Crippen molar-refractivity contribution < 1.29 is 13.6 Å². The van der Waals surface area contributed by atoms with E-state index in [1.165, 1.54) is 0 Å². The molecule has 27 heavy (non-hydrogen) atoms. The number of likely N-dealkylation sites (tertiary alicyclic amines) is 1. The number of amides is 1. The molecular formula is C21H25F2N3O. The second kappa shape index (κ2) is 8.46. The molecule has 1 aromatic carbocycles. The Hall–Kier alpha value is -2.50. The van der Waals surface area contributed by atoms with Crippen LogP contribution in [0.1, 0.15) is 41.7 Å². The average Bonchev–Trinajstić information content (AvgIpc) is 2.65. The van der Waals surface area contributed by atoms with Crippen LogP contribution in [0, 0.1) is 11.6 Å². The Morgan fingerprint density at radius 2 is 1.93 bits per heavy atom. The van der Waals surface area contributed by atoms with E-state index in [2.05, 4.69) is 4.98 Å². The fraction of sp³-hybridized carbons (Fsp3) is 0.429. The molecule has 1 amide bonds. The van der Waals surface area contributed by atoms with Gasteiger partial charge in [-0.25, -0.2) is 13.8 Å². The lowest BCUT2D eigenvalue weighted by atomic mass is 9.96. The minimum atomic E-state index is -0.725. The molecule has 0 unspecified atom stereocenters. The number of carbonyl (C=O) groups excluding carboxylic acids is 1. The van der Waals surface area contributed by atoms with Crippen LogP contribution < -0.4 is 4.90 Å². The van der Waals surface area contributed by atoms with E-state index in [0.717, 1.165) is 61.8 Å². The summed E-state index contributed by atoms with van der Waals surface area (Å²) >= 11 is 0. The summed E-state index contributed by atoms with van der Waals surface area (Å²) in [5.74, 6) is -0.847. The molecule has 0 bridgehead atoms. The summed E-state index contributed by atoms with van der Waals surface area (Å²) in [4.78, 5) is 21.2. The van der Waals surface area contributed by atoms with Crippen molar-refractivity contribution >= 4 is 11.7 Å². The molecule has 1 aliphatic heterocycles. The number of rotatable bonds is 5. The number of benzene rings is 1. The first-order valence-corrected chi connectivity index (χ1v) is 9.34. The van der Waals surface area contributed by atoms with Crippen LogP contribution in [0.4, 0.5) is 14.6 Å². The van der Waals surface area contributed by atoms with Gasteiger partial charge in [0.25, 0.3) is 5.91 Å². The standard InChI is InChI=1S/C21H25F2N3O/c1-25(2)20-8-5-6-18(24-20)9-10-19-7-3-4-11-26(19)21(27)15-12-16(22)14-17(23)13-15/h5-6,8,12-14,19H,3-4,7,9-11H2,1-2H3/t19-/m0/s1. The Labute approximate surface area is 158 Å². The number of carbonyl (C=O) groups is 1. The van der Waals surface area contributed by atoms with Crippen LogP contribution in [0.15, 0.2) is 36.4 Å². The Balaban J connectivity index is 1.71. The Kier molecular flexibility index (Phi) is 6.04. The number of hydrogen-bond donors (Lipinski definition) is 0. The number of anilines is 1. The topological polar surface area (TPSA) is 36.4 Å². The fourth-order valence-corrected chi connectivity index (χ4v) is 3.58. The van der Waals surface area contributed by atoms with Gasteiger partial charge in [0.2, 0.25) is 0 Å². The van der Waals surface area contributed by atoms with Crippen LogP contribution in [0.3, 0.4) is 0 Å². The lowest BCUT2D eigenvalue weighted by Crippen LogP contribution is -2.44. The minimum Gasteiger partial charge on any atom is -0.363 e. The predicted octanol–water partition coefficient (Wildman–Crippen LogP) is 4.05. The molecule has 0 aliphatic carbocycles. The first-order valence-electron chi connectivity index (χ1n) is 9.34. The quantitative estimate of drug-likeness (QED) is 0.793. The third-order valence-electron chi connectivity index (χ3n) is 4.98. The Morgan fingerprint density at radius 3 is 2.63 bits per heavy atom. The first-order chi connectivity index (χ1) is 12.9. The van der Waals surface area contributed by atoms with E-state index in [0.29, 0.717) is 6.54 Å². The van der Waals surface area contributed by atoms with Crippen LogP contribution in [0.25, 0.3) is 0 Å². The zero-order valence-corrected chi connectivity index (χ0v) is 15.8. The van der Waals surface area contributed by atoms with E-state index in [9.17, 15) is 13.6 Å². The Bertz CT molecular complexity index is 790. The number of hydrogen-bond acceptors (Lipinski definition) is 3. The molecule has 1 saturated heterocycles. The van der Waals surface area contributed by atoms with Crippen LogP contribution in [-0.2, 0) is 6.42 Å². The van der Waals surface area contributed by atoms with Gasteiger partial charge in [-0.2, -0.15) is 0 Å². The molecule has 1 fully saturated rings. The van der Waals surface area contributed by atoms with Gasteiger partial charge in [0.1, 0.15) is 17.5 Å². The number of aromatic nitrogens is 1. The predicted molar refractivity (Wildman–Crippen MR) is 102 cm³/mol. The number of nitrogens with zero attached hydrogens (tertiary/aromatic N) is 3. The zero-order chi connectivity index (χ0) is 19.4. The highest BCUT2D eigenvalue weighted by Gasteiger charge is 2.28. The van der Waals surface area contributed by atoms with Crippen molar-refractivity contribution in [1.82, 2.24) is 9.88 Å². The monoisotopic (exact) mass is 373 g/mol. The highest BCUT2D eigenvalue weighted by atomic mass is 19.1. The van der Waals surface area contributed by atoms with Gasteiger partial charge in [0.05, 0.1) is 0 Å². The summed E-state index contributed by atoms with van der Waals surface area (Å²) in [6.45, 7) is 0.618. The van der Waals surface area contributed by atoms with E-state index in [1.54, 1.807) is 4.90 Å². The van der Waals surface area contributed by atoms with Crippen molar-refractivity contribution in [2.75, 3.05) is 25.5 Å². The molecule has 2 heterocycles. The van der Waals surface area contributed by atoms with E-state index in [4.69, 9.17) is 0 Å².